The molecule has 74 valence electrons. The number of carbonyl (C=O) groups excluding carboxylic acids is 1. The predicted molar refractivity (Wildman–Crippen MR) is 56.0 cm³/mol. The van der Waals surface area contributed by atoms with Crippen LogP contribution in [0.3, 0.4) is 0 Å². The van der Waals surface area contributed by atoms with Crippen LogP contribution in [0.1, 0.15) is 10.4 Å². The molecule has 1 aromatic carbocycles. The van der Waals surface area contributed by atoms with Gasteiger partial charge in [-0.05, 0) is 18.2 Å². The molecule has 0 unspecified atom stereocenters. The third-order valence-corrected chi connectivity index (χ3v) is 1.95. The Kier molecular flexibility index (Phi) is 3.27. The van der Waals surface area contributed by atoms with Crippen LogP contribution in [0.25, 0.3) is 0 Å². The summed E-state index contributed by atoms with van der Waals surface area (Å²) in [6.45, 7) is 0. The molecular weight excluding hydrogens is 181 g/mol. The zero-order valence-electron chi connectivity index (χ0n) is 8.14. The normalized spacial score (nSPS) is 9.71. The molecule has 1 aromatic rings. The average Bonchev–Trinajstić information content (AvgIpc) is 2.16. The van der Waals surface area contributed by atoms with Crippen molar-refractivity contribution >= 4 is 24.6 Å². The summed E-state index contributed by atoms with van der Waals surface area (Å²) in [5.41, 5.74) is 1.45. The van der Waals surface area contributed by atoms with Crippen LogP contribution < -0.4 is 10.4 Å². The standard InChI is InChI=1S/C9H12BNO3/c1-11(2)9-4-3-7(6-12)5-8(9)10(13)14/h3-6,13-14H,1-2H3. The Balaban J connectivity index is 3.23. The molecule has 0 radical (unpaired) electrons. The summed E-state index contributed by atoms with van der Waals surface area (Å²) >= 11 is 0. The van der Waals surface area contributed by atoms with E-state index in [2.05, 4.69) is 0 Å². The molecule has 2 N–H and O–H groups in total. The topological polar surface area (TPSA) is 60.8 Å². The molecule has 0 aliphatic heterocycles. The van der Waals surface area contributed by atoms with Gasteiger partial charge in [0.05, 0.1) is 0 Å². The highest BCUT2D eigenvalue weighted by Crippen LogP contribution is 2.09. The van der Waals surface area contributed by atoms with Crippen LogP contribution in [0.4, 0.5) is 5.69 Å². The van der Waals surface area contributed by atoms with Gasteiger partial charge in [0.25, 0.3) is 0 Å². The van der Waals surface area contributed by atoms with Crippen molar-refractivity contribution < 1.29 is 14.8 Å². The van der Waals surface area contributed by atoms with Gasteiger partial charge < -0.3 is 14.9 Å². The molecule has 0 spiro atoms. The van der Waals surface area contributed by atoms with E-state index in [0.29, 0.717) is 23.0 Å². The van der Waals surface area contributed by atoms with Crippen LogP contribution in [0, 0.1) is 0 Å². The summed E-state index contributed by atoms with van der Waals surface area (Å²) in [4.78, 5) is 12.2. The second kappa shape index (κ2) is 4.26. The van der Waals surface area contributed by atoms with Crippen LogP contribution in [0.5, 0.6) is 0 Å². The van der Waals surface area contributed by atoms with Gasteiger partial charge in [0, 0.05) is 30.8 Å². The lowest BCUT2D eigenvalue weighted by Crippen LogP contribution is -2.34. The van der Waals surface area contributed by atoms with E-state index in [1.54, 1.807) is 31.1 Å². The van der Waals surface area contributed by atoms with Gasteiger partial charge in [0.1, 0.15) is 6.29 Å². The minimum Gasteiger partial charge on any atom is -0.423 e. The minimum atomic E-state index is -1.56. The largest absolute Gasteiger partial charge is 0.490 e. The Morgan fingerprint density at radius 3 is 2.43 bits per heavy atom. The molecular formula is C9H12BNO3. The van der Waals surface area contributed by atoms with E-state index >= 15 is 0 Å². The highest BCUT2D eigenvalue weighted by molar-refractivity contribution is 6.60. The molecule has 0 bridgehead atoms. The quantitative estimate of drug-likeness (QED) is 0.489. The highest BCUT2D eigenvalue weighted by atomic mass is 16.4. The zero-order valence-corrected chi connectivity index (χ0v) is 8.14. The van der Waals surface area contributed by atoms with Crippen molar-refractivity contribution in [2.45, 2.75) is 0 Å². The number of hydrogen-bond acceptors (Lipinski definition) is 4. The van der Waals surface area contributed by atoms with Gasteiger partial charge in [-0.3, -0.25) is 4.79 Å². The van der Waals surface area contributed by atoms with E-state index in [1.165, 1.54) is 6.07 Å². The molecule has 0 fully saturated rings. The molecule has 0 amide bonds. The summed E-state index contributed by atoms with van der Waals surface area (Å²) in [5, 5.41) is 18.2. The van der Waals surface area contributed by atoms with Gasteiger partial charge in [0.15, 0.2) is 0 Å². The van der Waals surface area contributed by atoms with Gasteiger partial charge in [0.2, 0.25) is 0 Å². The summed E-state index contributed by atoms with van der Waals surface area (Å²) in [6.07, 6.45) is 0.672. The maximum absolute atomic E-state index is 10.5. The second-order valence-corrected chi connectivity index (χ2v) is 3.20. The fraction of sp³-hybridized carbons (Fsp3) is 0.222. The first-order chi connectivity index (χ1) is 6.56. The van der Waals surface area contributed by atoms with Crippen LogP contribution in [-0.4, -0.2) is 37.5 Å². The maximum Gasteiger partial charge on any atom is 0.490 e. The van der Waals surface area contributed by atoms with Crippen molar-refractivity contribution in [1.29, 1.82) is 0 Å². The van der Waals surface area contributed by atoms with Crippen molar-refractivity contribution in [2.24, 2.45) is 0 Å². The van der Waals surface area contributed by atoms with Gasteiger partial charge in [-0.25, -0.2) is 0 Å². The molecule has 0 atom stereocenters. The van der Waals surface area contributed by atoms with Gasteiger partial charge >= 0.3 is 7.12 Å². The third kappa shape index (κ3) is 2.13. The maximum atomic E-state index is 10.5. The van der Waals surface area contributed by atoms with Crippen LogP contribution in [0.15, 0.2) is 18.2 Å². The first-order valence-corrected chi connectivity index (χ1v) is 4.19. The first kappa shape index (κ1) is 10.8. The molecule has 0 aromatic heterocycles. The first-order valence-electron chi connectivity index (χ1n) is 4.19. The Labute approximate surface area is 82.9 Å². The van der Waals surface area contributed by atoms with Crippen molar-refractivity contribution in [2.75, 3.05) is 19.0 Å². The van der Waals surface area contributed by atoms with Gasteiger partial charge in [-0.2, -0.15) is 0 Å². The Bertz CT molecular complexity index is 339. The summed E-state index contributed by atoms with van der Waals surface area (Å²) in [7, 11) is 2.02. The van der Waals surface area contributed by atoms with Crippen LogP contribution in [-0.2, 0) is 0 Å². The number of hydrogen-bond donors (Lipinski definition) is 2. The van der Waals surface area contributed by atoms with Crippen LogP contribution in [0.2, 0.25) is 0 Å². The lowest BCUT2D eigenvalue weighted by atomic mass is 9.78. The van der Waals surface area contributed by atoms with Crippen molar-refractivity contribution in [1.82, 2.24) is 0 Å². The van der Waals surface area contributed by atoms with Crippen molar-refractivity contribution in [3.63, 3.8) is 0 Å². The molecule has 0 aliphatic rings. The van der Waals surface area contributed by atoms with E-state index in [-0.39, 0.29) is 0 Å². The molecule has 0 aliphatic carbocycles. The molecule has 0 heterocycles. The van der Waals surface area contributed by atoms with Gasteiger partial charge in [-0.1, -0.05) is 0 Å². The Morgan fingerprint density at radius 1 is 1.36 bits per heavy atom. The number of anilines is 1. The summed E-state index contributed by atoms with van der Waals surface area (Å²) < 4.78 is 0. The second-order valence-electron chi connectivity index (χ2n) is 3.20. The van der Waals surface area contributed by atoms with Crippen molar-refractivity contribution in [3.8, 4) is 0 Å². The van der Waals surface area contributed by atoms with E-state index in [4.69, 9.17) is 10.0 Å². The third-order valence-electron chi connectivity index (χ3n) is 1.95. The van der Waals surface area contributed by atoms with Crippen molar-refractivity contribution in [3.05, 3.63) is 23.8 Å². The SMILES string of the molecule is CN(C)c1ccc(C=O)cc1B(O)O. The molecule has 14 heavy (non-hydrogen) atoms. The zero-order chi connectivity index (χ0) is 10.7. The molecule has 0 saturated heterocycles. The van der Waals surface area contributed by atoms with Crippen LogP contribution >= 0.6 is 0 Å². The average molecular weight is 193 g/mol. The Hall–Kier alpha value is -1.33. The fourth-order valence-corrected chi connectivity index (χ4v) is 1.26. The Morgan fingerprint density at radius 2 is 2.00 bits per heavy atom. The monoisotopic (exact) mass is 193 g/mol. The highest BCUT2D eigenvalue weighted by Gasteiger charge is 2.17. The molecule has 5 heteroatoms. The molecule has 0 saturated carbocycles. The fourth-order valence-electron chi connectivity index (χ4n) is 1.26. The number of nitrogens with zero attached hydrogens (tertiary/aromatic N) is 1. The molecule has 4 nitrogen and oxygen atoms in total. The van der Waals surface area contributed by atoms with Gasteiger partial charge in [-0.15, -0.1) is 0 Å². The van der Waals surface area contributed by atoms with E-state index in [1.807, 2.05) is 0 Å². The molecule has 1 rings (SSSR count). The van der Waals surface area contributed by atoms with E-state index < -0.39 is 7.12 Å². The summed E-state index contributed by atoms with van der Waals surface area (Å²) in [6, 6.07) is 4.78. The van der Waals surface area contributed by atoms with E-state index in [0.717, 1.165) is 0 Å². The lowest BCUT2D eigenvalue weighted by molar-refractivity contribution is 0.112. The number of aldehydes is 1. The predicted octanol–water partition coefficient (Wildman–Crippen LogP) is -0.755. The number of benzene rings is 1. The number of carbonyl (C=O) groups is 1. The minimum absolute atomic E-state index is 0.333. The number of rotatable bonds is 3. The summed E-state index contributed by atoms with van der Waals surface area (Å²) in [5.74, 6) is 0. The van der Waals surface area contributed by atoms with E-state index in [9.17, 15) is 4.79 Å². The smallest absolute Gasteiger partial charge is 0.423 e. The lowest BCUT2D eigenvalue weighted by Gasteiger charge is -2.17.